The predicted octanol–water partition coefficient (Wildman–Crippen LogP) is 2.41. The number of hydrogen-bond donors (Lipinski definition) is 1. The summed E-state index contributed by atoms with van der Waals surface area (Å²) in [4.78, 5) is 8.81. The van der Waals surface area contributed by atoms with Gasteiger partial charge in [0.1, 0.15) is 11.9 Å². The summed E-state index contributed by atoms with van der Waals surface area (Å²) >= 11 is 1.42. The van der Waals surface area contributed by atoms with Gasteiger partial charge in [-0.2, -0.15) is 0 Å². The average Bonchev–Trinajstić information content (AvgIpc) is 2.81. The number of thiazole rings is 1. The molecule has 0 aromatic carbocycles. The topological polar surface area (TPSA) is 55.2 Å². The number of hydrogen-bond acceptors (Lipinski definition) is 5. The Balaban J connectivity index is 2.21. The van der Waals surface area contributed by atoms with Gasteiger partial charge in [-0.25, -0.2) is 0 Å². The smallest absolute Gasteiger partial charge is 0.138 e. The van der Waals surface area contributed by atoms with Gasteiger partial charge in [0.05, 0.1) is 22.7 Å². The summed E-state index contributed by atoms with van der Waals surface area (Å²) in [6.45, 7) is 3.90. The first-order valence-electron chi connectivity index (χ1n) is 5.35. The minimum atomic E-state index is -0.689. The molecular formula is C12H14N2O2S. The lowest BCUT2D eigenvalue weighted by atomic mass is 10.1. The van der Waals surface area contributed by atoms with E-state index >= 15 is 0 Å². The highest BCUT2D eigenvalue weighted by atomic mass is 32.1. The van der Waals surface area contributed by atoms with Gasteiger partial charge in [0.25, 0.3) is 0 Å². The zero-order valence-electron chi connectivity index (χ0n) is 9.70. The second-order valence-electron chi connectivity index (χ2n) is 3.93. The van der Waals surface area contributed by atoms with Crippen LogP contribution in [0.25, 0.3) is 0 Å². The second kappa shape index (κ2) is 5.25. The van der Waals surface area contributed by atoms with Crippen molar-refractivity contribution < 1.29 is 9.84 Å². The van der Waals surface area contributed by atoms with E-state index in [1.54, 1.807) is 30.2 Å². The first-order chi connectivity index (χ1) is 8.16. The fourth-order valence-corrected chi connectivity index (χ4v) is 2.08. The number of aliphatic hydroxyl groups excluding tert-OH is 1. The van der Waals surface area contributed by atoms with E-state index in [0.717, 1.165) is 4.88 Å². The van der Waals surface area contributed by atoms with Crippen molar-refractivity contribution in [3.05, 3.63) is 40.6 Å². The summed E-state index contributed by atoms with van der Waals surface area (Å²) in [5, 5.41) is 10.1. The normalized spacial score (nSPS) is 12.7. The van der Waals surface area contributed by atoms with Crippen LogP contribution in [0.2, 0.25) is 0 Å². The van der Waals surface area contributed by atoms with Gasteiger partial charge in [0.2, 0.25) is 0 Å². The first kappa shape index (κ1) is 12.0. The molecule has 2 rings (SSSR count). The van der Waals surface area contributed by atoms with Crippen molar-refractivity contribution in [1.29, 1.82) is 0 Å². The fraction of sp³-hybridized carbons (Fsp3) is 0.333. The van der Waals surface area contributed by atoms with E-state index in [0.29, 0.717) is 11.3 Å². The molecule has 1 N–H and O–H groups in total. The highest BCUT2D eigenvalue weighted by Gasteiger charge is 2.13. The summed E-state index contributed by atoms with van der Waals surface area (Å²) in [6, 6.07) is 1.80. The monoisotopic (exact) mass is 250 g/mol. The molecule has 0 aliphatic rings. The van der Waals surface area contributed by atoms with Gasteiger partial charge in [0, 0.05) is 18.0 Å². The van der Waals surface area contributed by atoms with Crippen molar-refractivity contribution in [2.24, 2.45) is 0 Å². The molecular weight excluding hydrogens is 236 g/mol. The van der Waals surface area contributed by atoms with Gasteiger partial charge in [-0.05, 0) is 19.9 Å². The Hall–Kier alpha value is -1.46. The molecule has 0 amide bonds. The highest BCUT2D eigenvalue weighted by molar-refractivity contribution is 7.09. The number of ether oxygens (including phenoxy) is 1. The molecule has 4 nitrogen and oxygen atoms in total. The Labute approximate surface area is 104 Å². The molecule has 5 heteroatoms. The number of rotatable bonds is 4. The molecule has 0 saturated carbocycles. The van der Waals surface area contributed by atoms with Crippen LogP contribution < -0.4 is 4.74 Å². The summed E-state index contributed by atoms with van der Waals surface area (Å²) in [6.07, 6.45) is 4.34. The molecule has 1 atom stereocenters. The minimum absolute atomic E-state index is 0.0904. The maximum atomic E-state index is 10.1. The Morgan fingerprint density at radius 1 is 1.24 bits per heavy atom. The van der Waals surface area contributed by atoms with Crippen LogP contribution in [0.1, 0.15) is 30.4 Å². The molecule has 2 aromatic rings. The van der Waals surface area contributed by atoms with E-state index < -0.39 is 6.10 Å². The van der Waals surface area contributed by atoms with Crippen LogP contribution in [-0.4, -0.2) is 21.2 Å². The van der Waals surface area contributed by atoms with Crippen molar-refractivity contribution in [2.75, 3.05) is 0 Å². The third-order valence-electron chi connectivity index (χ3n) is 2.14. The second-order valence-corrected chi connectivity index (χ2v) is 4.84. The predicted molar refractivity (Wildman–Crippen MR) is 66.2 cm³/mol. The molecule has 0 spiro atoms. The van der Waals surface area contributed by atoms with Crippen LogP contribution in [0, 0.1) is 0 Å². The van der Waals surface area contributed by atoms with E-state index in [9.17, 15) is 5.11 Å². The molecule has 0 radical (unpaired) electrons. The fourth-order valence-electron chi connectivity index (χ4n) is 1.45. The Bertz CT molecular complexity index is 471. The van der Waals surface area contributed by atoms with Gasteiger partial charge >= 0.3 is 0 Å². The van der Waals surface area contributed by atoms with Gasteiger partial charge in [0.15, 0.2) is 0 Å². The number of pyridine rings is 1. The maximum absolute atomic E-state index is 10.1. The van der Waals surface area contributed by atoms with Crippen LogP contribution in [0.5, 0.6) is 5.75 Å². The van der Waals surface area contributed by atoms with E-state index in [1.165, 1.54) is 11.3 Å². The zero-order chi connectivity index (χ0) is 12.3. The van der Waals surface area contributed by atoms with Gasteiger partial charge < -0.3 is 9.84 Å². The standard InChI is InChI=1S/C12H14N2O2S/c1-8(2)16-10-3-9(4-13-5-10)12(15)11-6-14-7-17-11/h3-8,12,15H,1-2H3. The van der Waals surface area contributed by atoms with E-state index in [2.05, 4.69) is 9.97 Å². The van der Waals surface area contributed by atoms with Crippen LogP contribution in [0.4, 0.5) is 0 Å². The maximum Gasteiger partial charge on any atom is 0.138 e. The molecule has 0 aliphatic carbocycles. The summed E-state index contributed by atoms with van der Waals surface area (Å²) in [5.74, 6) is 0.668. The quantitative estimate of drug-likeness (QED) is 0.905. The molecule has 17 heavy (non-hydrogen) atoms. The molecule has 2 heterocycles. The molecule has 2 aromatic heterocycles. The van der Waals surface area contributed by atoms with Gasteiger partial charge in [-0.3, -0.25) is 9.97 Å². The zero-order valence-corrected chi connectivity index (χ0v) is 10.5. The molecule has 0 fully saturated rings. The van der Waals surface area contributed by atoms with Crippen LogP contribution in [0.15, 0.2) is 30.2 Å². The lowest BCUT2D eigenvalue weighted by molar-refractivity contribution is 0.218. The lowest BCUT2D eigenvalue weighted by Gasteiger charge is -2.12. The SMILES string of the molecule is CC(C)Oc1cncc(C(O)c2cncs2)c1. The molecule has 0 saturated heterocycles. The van der Waals surface area contributed by atoms with Crippen molar-refractivity contribution in [3.8, 4) is 5.75 Å². The van der Waals surface area contributed by atoms with E-state index in [1.807, 2.05) is 13.8 Å². The Morgan fingerprint density at radius 3 is 2.71 bits per heavy atom. The van der Waals surface area contributed by atoms with Gasteiger partial charge in [-0.15, -0.1) is 11.3 Å². The molecule has 0 bridgehead atoms. The van der Waals surface area contributed by atoms with Crippen molar-refractivity contribution in [1.82, 2.24) is 9.97 Å². The number of aliphatic hydroxyl groups is 1. The molecule has 0 aliphatic heterocycles. The third-order valence-corrected chi connectivity index (χ3v) is 2.97. The van der Waals surface area contributed by atoms with E-state index in [-0.39, 0.29) is 6.10 Å². The van der Waals surface area contributed by atoms with Crippen molar-refractivity contribution >= 4 is 11.3 Å². The average molecular weight is 250 g/mol. The summed E-state index contributed by atoms with van der Waals surface area (Å²) in [5.41, 5.74) is 2.41. The van der Waals surface area contributed by atoms with Crippen LogP contribution in [-0.2, 0) is 0 Å². The third kappa shape index (κ3) is 3.01. The van der Waals surface area contributed by atoms with Gasteiger partial charge in [-0.1, -0.05) is 0 Å². The highest BCUT2D eigenvalue weighted by Crippen LogP contribution is 2.26. The lowest BCUT2D eigenvalue weighted by Crippen LogP contribution is -2.07. The van der Waals surface area contributed by atoms with Crippen molar-refractivity contribution in [2.45, 2.75) is 26.1 Å². The Morgan fingerprint density at radius 2 is 2.06 bits per heavy atom. The number of aromatic nitrogens is 2. The van der Waals surface area contributed by atoms with Crippen LogP contribution in [0.3, 0.4) is 0 Å². The number of nitrogens with zero attached hydrogens (tertiary/aromatic N) is 2. The first-order valence-corrected chi connectivity index (χ1v) is 6.23. The summed E-state index contributed by atoms with van der Waals surface area (Å²) in [7, 11) is 0. The van der Waals surface area contributed by atoms with Crippen LogP contribution >= 0.6 is 11.3 Å². The molecule has 90 valence electrons. The minimum Gasteiger partial charge on any atom is -0.489 e. The van der Waals surface area contributed by atoms with Crippen molar-refractivity contribution in [3.63, 3.8) is 0 Å². The Kier molecular flexibility index (Phi) is 3.71. The van der Waals surface area contributed by atoms with E-state index in [4.69, 9.17) is 4.74 Å². The summed E-state index contributed by atoms with van der Waals surface area (Å²) < 4.78 is 5.54. The largest absolute Gasteiger partial charge is 0.489 e. The molecule has 1 unspecified atom stereocenters.